The molecule has 0 saturated heterocycles. The van der Waals surface area contributed by atoms with Crippen LogP contribution in [0.25, 0.3) is 0 Å². The van der Waals surface area contributed by atoms with Crippen LogP contribution in [-0.4, -0.2) is 22.8 Å². The van der Waals surface area contributed by atoms with E-state index in [1.807, 2.05) is 18.2 Å². The molecule has 1 saturated carbocycles. The van der Waals surface area contributed by atoms with E-state index >= 15 is 0 Å². The first-order chi connectivity index (χ1) is 7.54. The molecule has 1 aromatic rings. The van der Waals surface area contributed by atoms with E-state index in [9.17, 15) is 10.0 Å². The Hall–Kier alpha value is -1.55. The lowest BCUT2D eigenvalue weighted by Gasteiger charge is -2.15. The molecule has 86 valence electrons. The van der Waals surface area contributed by atoms with Gasteiger partial charge in [0, 0.05) is 0 Å². The van der Waals surface area contributed by atoms with Gasteiger partial charge in [-0.15, -0.1) is 0 Å². The lowest BCUT2D eigenvalue weighted by Crippen LogP contribution is -2.35. The van der Waals surface area contributed by atoms with E-state index in [-0.39, 0.29) is 11.3 Å². The smallest absolute Gasteiger partial charge is 0.338 e. The van der Waals surface area contributed by atoms with Crippen molar-refractivity contribution < 1.29 is 10.0 Å². The number of nitrogens with zero attached hydrogens (tertiary/aromatic N) is 1. The monoisotopic (exact) mass is 220 g/mol. The van der Waals surface area contributed by atoms with Crippen molar-refractivity contribution >= 4 is 6.03 Å². The molecular formula is C12H16N2O2. The number of urea groups is 1. The van der Waals surface area contributed by atoms with Crippen molar-refractivity contribution in [1.82, 2.24) is 5.06 Å². The van der Waals surface area contributed by atoms with Gasteiger partial charge in [-0.2, -0.15) is 0 Å². The number of benzene rings is 1. The van der Waals surface area contributed by atoms with Gasteiger partial charge in [-0.1, -0.05) is 37.3 Å². The molecule has 3 N–H and O–H groups in total. The van der Waals surface area contributed by atoms with Gasteiger partial charge in [-0.3, -0.25) is 5.21 Å². The summed E-state index contributed by atoms with van der Waals surface area (Å²) in [6, 6.07) is 9.34. The summed E-state index contributed by atoms with van der Waals surface area (Å²) in [6.07, 6.45) is 0.974. The number of hydrogen-bond acceptors (Lipinski definition) is 2. The fraction of sp³-hybridized carbons (Fsp3) is 0.417. The van der Waals surface area contributed by atoms with Crippen LogP contribution in [0.1, 0.15) is 18.9 Å². The molecule has 0 spiro atoms. The summed E-state index contributed by atoms with van der Waals surface area (Å²) in [5.41, 5.74) is 6.29. The van der Waals surface area contributed by atoms with Crippen molar-refractivity contribution in [2.45, 2.75) is 18.8 Å². The van der Waals surface area contributed by atoms with Crippen LogP contribution in [0.5, 0.6) is 0 Å². The van der Waals surface area contributed by atoms with Crippen LogP contribution >= 0.6 is 0 Å². The average Bonchev–Trinajstić information content (AvgIpc) is 2.92. The predicted molar refractivity (Wildman–Crippen MR) is 60.0 cm³/mol. The maximum atomic E-state index is 10.7. The van der Waals surface area contributed by atoms with Gasteiger partial charge in [0.25, 0.3) is 0 Å². The predicted octanol–water partition coefficient (Wildman–Crippen LogP) is 1.73. The Labute approximate surface area is 94.6 Å². The van der Waals surface area contributed by atoms with Crippen LogP contribution in [0.15, 0.2) is 30.3 Å². The van der Waals surface area contributed by atoms with Gasteiger partial charge < -0.3 is 5.73 Å². The summed E-state index contributed by atoms with van der Waals surface area (Å²) < 4.78 is 0. The molecule has 1 aliphatic rings. The summed E-state index contributed by atoms with van der Waals surface area (Å²) in [4.78, 5) is 10.7. The van der Waals surface area contributed by atoms with Crippen LogP contribution in [-0.2, 0) is 5.41 Å². The Morgan fingerprint density at radius 1 is 1.56 bits per heavy atom. The summed E-state index contributed by atoms with van der Waals surface area (Å²) in [6.45, 7) is 2.45. The highest BCUT2D eigenvalue weighted by molar-refractivity contribution is 5.70. The molecular weight excluding hydrogens is 204 g/mol. The highest BCUT2D eigenvalue weighted by Gasteiger charge is 2.51. The van der Waals surface area contributed by atoms with Crippen molar-refractivity contribution in [3.8, 4) is 0 Å². The molecule has 4 nitrogen and oxygen atoms in total. The number of amides is 2. The van der Waals surface area contributed by atoms with E-state index in [4.69, 9.17) is 5.73 Å². The Morgan fingerprint density at radius 3 is 2.75 bits per heavy atom. The number of carbonyl (C=O) groups is 1. The van der Waals surface area contributed by atoms with Crippen LogP contribution < -0.4 is 5.73 Å². The van der Waals surface area contributed by atoms with E-state index in [1.165, 1.54) is 5.56 Å². The molecule has 0 radical (unpaired) electrons. The second kappa shape index (κ2) is 3.79. The first-order valence-corrected chi connectivity index (χ1v) is 5.35. The van der Waals surface area contributed by atoms with Crippen LogP contribution in [0.3, 0.4) is 0 Å². The summed E-state index contributed by atoms with van der Waals surface area (Å²) in [5.74, 6) is 0.285. The zero-order valence-corrected chi connectivity index (χ0v) is 9.26. The third-order valence-electron chi connectivity index (χ3n) is 3.49. The minimum atomic E-state index is -0.790. The van der Waals surface area contributed by atoms with E-state index < -0.39 is 6.03 Å². The third-order valence-corrected chi connectivity index (χ3v) is 3.49. The Bertz CT molecular complexity index is 393. The number of rotatable bonds is 3. The molecule has 2 amide bonds. The first-order valence-electron chi connectivity index (χ1n) is 5.35. The number of primary amides is 1. The second-order valence-corrected chi connectivity index (χ2v) is 4.60. The summed E-state index contributed by atoms with van der Waals surface area (Å²) in [7, 11) is 0. The SMILES string of the molecule is C[C@@]1(c2ccccc2)C[C@H]1CN(O)C(N)=O. The zero-order chi connectivity index (χ0) is 11.8. The van der Waals surface area contributed by atoms with Gasteiger partial charge in [0.2, 0.25) is 0 Å². The van der Waals surface area contributed by atoms with E-state index in [2.05, 4.69) is 19.1 Å². The Morgan fingerprint density at radius 2 is 2.19 bits per heavy atom. The molecule has 0 aliphatic heterocycles. The fourth-order valence-corrected chi connectivity index (χ4v) is 2.19. The standard InChI is InChI=1S/C12H16N2O2/c1-12(9-5-3-2-4-6-9)7-10(12)8-14(16)11(13)15/h2-6,10,16H,7-8H2,1H3,(H2,13,15)/t10-,12-/m0/s1. The third kappa shape index (κ3) is 1.88. The number of hydroxylamine groups is 2. The van der Waals surface area contributed by atoms with Crippen LogP contribution in [0.4, 0.5) is 4.79 Å². The number of nitrogens with two attached hydrogens (primary N) is 1. The Kier molecular flexibility index (Phi) is 2.59. The molecule has 0 heterocycles. The zero-order valence-electron chi connectivity index (χ0n) is 9.26. The molecule has 0 unspecified atom stereocenters. The molecule has 4 heteroatoms. The van der Waals surface area contributed by atoms with Gasteiger partial charge in [-0.05, 0) is 23.3 Å². The number of hydrogen-bond donors (Lipinski definition) is 2. The highest BCUT2D eigenvalue weighted by Crippen LogP contribution is 2.53. The molecule has 16 heavy (non-hydrogen) atoms. The maximum Gasteiger partial charge on any atom is 0.338 e. The molecule has 2 rings (SSSR count). The average molecular weight is 220 g/mol. The van der Waals surface area contributed by atoms with Crippen molar-refractivity contribution in [1.29, 1.82) is 0 Å². The van der Waals surface area contributed by atoms with Crippen molar-refractivity contribution in [2.24, 2.45) is 11.7 Å². The van der Waals surface area contributed by atoms with Gasteiger partial charge in [0.15, 0.2) is 0 Å². The molecule has 0 bridgehead atoms. The van der Waals surface area contributed by atoms with E-state index in [1.54, 1.807) is 0 Å². The van der Waals surface area contributed by atoms with Crippen LogP contribution in [0.2, 0.25) is 0 Å². The second-order valence-electron chi connectivity index (χ2n) is 4.60. The largest absolute Gasteiger partial charge is 0.350 e. The summed E-state index contributed by atoms with van der Waals surface area (Å²) in [5, 5.41) is 9.87. The first kappa shape index (κ1) is 11.0. The molecule has 2 atom stereocenters. The van der Waals surface area contributed by atoms with Crippen molar-refractivity contribution in [2.75, 3.05) is 6.54 Å². The Balaban J connectivity index is 2.02. The molecule has 1 aromatic carbocycles. The van der Waals surface area contributed by atoms with Crippen molar-refractivity contribution in [3.63, 3.8) is 0 Å². The minimum Gasteiger partial charge on any atom is -0.350 e. The maximum absolute atomic E-state index is 10.7. The van der Waals surface area contributed by atoms with Crippen molar-refractivity contribution in [3.05, 3.63) is 35.9 Å². The normalized spacial score (nSPS) is 27.5. The lowest BCUT2D eigenvalue weighted by atomic mass is 9.95. The molecule has 1 fully saturated rings. The fourth-order valence-electron chi connectivity index (χ4n) is 2.19. The van der Waals surface area contributed by atoms with Gasteiger partial charge >= 0.3 is 6.03 Å². The lowest BCUT2D eigenvalue weighted by molar-refractivity contribution is -0.0441. The quantitative estimate of drug-likeness (QED) is 0.601. The summed E-state index contributed by atoms with van der Waals surface area (Å²) >= 11 is 0. The topological polar surface area (TPSA) is 66.6 Å². The number of carbonyl (C=O) groups excluding carboxylic acids is 1. The van der Waals surface area contributed by atoms with Gasteiger partial charge in [-0.25, -0.2) is 9.86 Å². The minimum absolute atomic E-state index is 0.0672. The van der Waals surface area contributed by atoms with Gasteiger partial charge in [0.05, 0.1) is 6.54 Å². The van der Waals surface area contributed by atoms with E-state index in [0.717, 1.165) is 6.42 Å². The van der Waals surface area contributed by atoms with Gasteiger partial charge in [0.1, 0.15) is 0 Å². The van der Waals surface area contributed by atoms with Crippen LogP contribution in [0, 0.1) is 5.92 Å². The van der Waals surface area contributed by atoms with E-state index in [0.29, 0.717) is 11.6 Å². The molecule has 1 aliphatic carbocycles. The molecule has 0 aromatic heterocycles. The highest BCUT2D eigenvalue weighted by atomic mass is 16.5.